The average molecular weight is 717 g/mol. The van der Waals surface area contributed by atoms with Crippen molar-refractivity contribution in [1.82, 2.24) is 19.5 Å². The van der Waals surface area contributed by atoms with E-state index in [4.69, 9.17) is 19.4 Å². The lowest BCUT2D eigenvalue weighted by Gasteiger charge is -2.12. The maximum absolute atomic E-state index is 6.29. The van der Waals surface area contributed by atoms with E-state index >= 15 is 0 Å². The highest BCUT2D eigenvalue weighted by molar-refractivity contribution is 6.12. The van der Waals surface area contributed by atoms with Gasteiger partial charge >= 0.3 is 0 Å². The molecule has 0 N–H and O–H groups in total. The molecule has 5 heteroatoms. The Labute approximate surface area is 322 Å². The largest absolute Gasteiger partial charge is 0.456 e. The van der Waals surface area contributed by atoms with Crippen molar-refractivity contribution in [2.45, 2.75) is 0 Å². The molecule has 0 amide bonds. The SMILES string of the molecule is c1ccc(-c2cccc(-n3c4ccc(-c5ccc6c(c5)oc5ccccc56)cc4c4ccc(-c5nc(-c6ccccc6)nc(-c6ccccc6)n5)cc43)c2)cc1. The topological polar surface area (TPSA) is 56.7 Å². The molecule has 8 aromatic carbocycles. The Balaban J connectivity index is 1.12. The first-order chi connectivity index (χ1) is 27.7. The number of aromatic nitrogens is 4. The Morgan fingerprint density at radius 2 is 0.839 bits per heavy atom. The van der Waals surface area contributed by atoms with Gasteiger partial charge in [0.1, 0.15) is 11.2 Å². The number of nitrogens with zero attached hydrogens (tertiary/aromatic N) is 4. The normalized spacial score (nSPS) is 11.6. The Morgan fingerprint density at radius 1 is 0.304 bits per heavy atom. The van der Waals surface area contributed by atoms with Crippen molar-refractivity contribution in [2.24, 2.45) is 0 Å². The monoisotopic (exact) mass is 716 g/mol. The van der Waals surface area contributed by atoms with Crippen LogP contribution in [0.25, 0.3) is 106 Å². The molecule has 0 saturated heterocycles. The second-order valence-corrected chi connectivity index (χ2v) is 14.1. The summed E-state index contributed by atoms with van der Waals surface area (Å²) in [6.07, 6.45) is 0. The highest BCUT2D eigenvalue weighted by Crippen LogP contribution is 2.39. The molecule has 0 bridgehead atoms. The summed E-state index contributed by atoms with van der Waals surface area (Å²) < 4.78 is 8.66. The summed E-state index contributed by atoms with van der Waals surface area (Å²) in [5, 5.41) is 4.55. The van der Waals surface area contributed by atoms with Crippen LogP contribution >= 0.6 is 0 Å². The fourth-order valence-corrected chi connectivity index (χ4v) is 7.92. The molecule has 0 aliphatic rings. The molecule has 0 aliphatic carbocycles. The van der Waals surface area contributed by atoms with Gasteiger partial charge in [-0.05, 0) is 70.8 Å². The van der Waals surface area contributed by atoms with Gasteiger partial charge in [-0.3, -0.25) is 0 Å². The first-order valence-electron chi connectivity index (χ1n) is 18.8. The number of rotatable bonds is 6. The zero-order valence-electron chi connectivity index (χ0n) is 30.2. The summed E-state index contributed by atoms with van der Waals surface area (Å²) >= 11 is 0. The lowest BCUT2D eigenvalue weighted by atomic mass is 10.0. The van der Waals surface area contributed by atoms with E-state index in [9.17, 15) is 0 Å². The van der Waals surface area contributed by atoms with E-state index in [-0.39, 0.29) is 0 Å². The van der Waals surface area contributed by atoms with E-state index in [0.29, 0.717) is 17.5 Å². The Kier molecular flexibility index (Phi) is 7.42. The van der Waals surface area contributed by atoms with Gasteiger partial charge in [-0.1, -0.05) is 146 Å². The molecule has 0 fully saturated rings. The molecule has 0 aliphatic heterocycles. The van der Waals surface area contributed by atoms with Gasteiger partial charge in [0.15, 0.2) is 17.5 Å². The molecule has 0 spiro atoms. The average Bonchev–Trinajstić information content (AvgIpc) is 3.82. The van der Waals surface area contributed by atoms with Crippen molar-refractivity contribution in [3.05, 3.63) is 194 Å². The number of hydrogen-bond donors (Lipinski definition) is 0. The van der Waals surface area contributed by atoms with Crippen LogP contribution in [0.5, 0.6) is 0 Å². The third-order valence-electron chi connectivity index (χ3n) is 10.6. The highest BCUT2D eigenvalue weighted by atomic mass is 16.3. The number of hydrogen-bond acceptors (Lipinski definition) is 4. The predicted octanol–water partition coefficient (Wildman–Crippen LogP) is 13.2. The van der Waals surface area contributed by atoms with Gasteiger partial charge in [0, 0.05) is 43.9 Å². The van der Waals surface area contributed by atoms with E-state index in [2.05, 4.69) is 126 Å². The second kappa shape index (κ2) is 13.0. The molecule has 0 atom stereocenters. The molecule has 0 saturated carbocycles. The minimum atomic E-state index is 0.620. The molecule has 5 nitrogen and oxygen atoms in total. The van der Waals surface area contributed by atoms with Crippen LogP contribution in [-0.4, -0.2) is 19.5 Å². The summed E-state index contributed by atoms with van der Waals surface area (Å²) in [6, 6.07) is 67.6. The molecular weight excluding hydrogens is 685 g/mol. The zero-order chi connectivity index (χ0) is 37.0. The molecule has 3 heterocycles. The number of furan rings is 1. The van der Waals surface area contributed by atoms with Gasteiger partial charge < -0.3 is 8.98 Å². The van der Waals surface area contributed by atoms with Crippen molar-refractivity contribution < 1.29 is 4.42 Å². The van der Waals surface area contributed by atoms with Gasteiger partial charge in [0.25, 0.3) is 0 Å². The fraction of sp³-hybridized carbons (Fsp3) is 0. The first kappa shape index (κ1) is 31.9. The van der Waals surface area contributed by atoms with Crippen LogP contribution in [0.2, 0.25) is 0 Å². The number of fused-ring (bicyclic) bond motifs is 6. The fourth-order valence-electron chi connectivity index (χ4n) is 7.92. The van der Waals surface area contributed by atoms with E-state index in [0.717, 1.165) is 82.8 Å². The van der Waals surface area contributed by atoms with E-state index in [1.807, 2.05) is 72.8 Å². The quantitative estimate of drug-likeness (QED) is 0.172. The summed E-state index contributed by atoms with van der Waals surface area (Å²) in [5.41, 5.74) is 12.4. The van der Waals surface area contributed by atoms with Gasteiger partial charge in [-0.15, -0.1) is 0 Å². The van der Waals surface area contributed by atoms with E-state index in [1.165, 1.54) is 5.56 Å². The predicted molar refractivity (Wildman–Crippen MR) is 229 cm³/mol. The summed E-state index contributed by atoms with van der Waals surface area (Å²) in [5.74, 6) is 1.89. The van der Waals surface area contributed by atoms with Crippen molar-refractivity contribution in [3.63, 3.8) is 0 Å². The van der Waals surface area contributed by atoms with Crippen LogP contribution in [-0.2, 0) is 0 Å². The van der Waals surface area contributed by atoms with Crippen LogP contribution in [0.15, 0.2) is 199 Å². The summed E-state index contributed by atoms with van der Waals surface area (Å²) in [4.78, 5) is 15.1. The molecule has 11 aromatic rings. The minimum Gasteiger partial charge on any atom is -0.456 e. The molecule has 0 radical (unpaired) electrons. The van der Waals surface area contributed by atoms with Gasteiger partial charge in [-0.2, -0.15) is 0 Å². The van der Waals surface area contributed by atoms with Crippen LogP contribution < -0.4 is 0 Å². The summed E-state index contributed by atoms with van der Waals surface area (Å²) in [6.45, 7) is 0. The molecule has 56 heavy (non-hydrogen) atoms. The highest BCUT2D eigenvalue weighted by Gasteiger charge is 2.18. The maximum atomic E-state index is 6.29. The molecule has 3 aromatic heterocycles. The van der Waals surface area contributed by atoms with Crippen molar-refractivity contribution >= 4 is 43.7 Å². The second-order valence-electron chi connectivity index (χ2n) is 14.1. The third-order valence-corrected chi connectivity index (χ3v) is 10.6. The zero-order valence-corrected chi connectivity index (χ0v) is 30.2. The molecule has 0 unspecified atom stereocenters. The van der Waals surface area contributed by atoms with Gasteiger partial charge in [-0.25, -0.2) is 15.0 Å². The maximum Gasteiger partial charge on any atom is 0.164 e. The number of para-hydroxylation sites is 1. The Hall–Kier alpha value is -7.63. The first-order valence-corrected chi connectivity index (χ1v) is 18.8. The van der Waals surface area contributed by atoms with Crippen molar-refractivity contribution in [3.8, 4) is 62.1 Å². The van der Waals surface area contributed by atoms with Gasteiger partial charge in [0.05, 0.1) is 11.0 Å². The smallest absolute Gasteiger partial charge is 0.164 e. The number of benzene rings is 8. The van der Waals surface area contributed by atoms with Crippen LogP contribution in [0.1, 0.15) is 0 Å². The Morgan fingerprint density at radius 3 is 1.57 bits per heavy atom. The van der Waals surface area contributed by atoms with E-state index in [1.54, 1.807) is 0 Å². The van der Waals surface area contributed by atoms with Crippen LogP contribution in [0, 0.1) is 0 Å². The van der Waals surface area contributed by atoms with E-state index < -0.39 is 0 Å². The van der Waals surface area contributed by atoms with Gasteiger partial charge in [0.2, 0.25) is 0 Å². The lowest BCUT2D eigenvalue weighted by Crippen LogP contribution is -2.00. The summed E-state index contributed by atoms with van der Waals surface area (Å²) in [7, 11) is 0. The van der Waals surface area contributed by atoms with Crippen LogP contribution in [0.4, 0.5) is 0 Å². The van der Waals surface area contributed by atoms with Crippen molar-refractivity contribution in [1.29, 1.82) is 0 Å². The van der Waals surface area contributed by atoms with Crippen molar-refractivity contribution in [2.75, 3.05) is 0 Å². The molecule has 11 rings (SSSR count). The molecular formula is C51H32N4O. The standard InChI is InChI=1S/C51H32N4O/c1-4-13-33(14-5-1)36-19-12-20-40(29-36)55-45-28-25-37(38-23-27-43-42-21-10-11-22-47(42)56-48(43)32-38)30-44(45)41-26-24-39(31-46(41)55)51-53-49(34-15-6-2-7-16-34)52-50(54-51)35-17-8-3-9-18-35/h1-32H. The molecule has 262 valence electrons. The lowest BCUT2D eigenvalue weighted by molar-refractivity contribution is 0.669. The minimum absolute atomic E-state index is 0.620. The third kappa shape index (κ3) is 5.45. The van der Waals surface area contributed by atoms with Crippen LogP contribution in [0.3, 0.4) is 0 Å². The Bertz CT molecular complexity index is 3180.